The van der Waals surface area contributed by atoms with E-state index < -0.39 is 0 Å². The van der Waals surface area contributed by atoms with Gasteiger partial charge in [-0.3, -0.25) is 9.36 Å². The smallest absolute Gasteiger partial charge is 0.234 e. The van der Waals surface area contributed by atoms with Crippen LogP contribution in [0.1, 0.15) is 18.1 Å². The zero-order chi connectivity index (χ0) is 20.4. The molecule has 2 aromatic heterocycles. The molecule has 0 atom stereocenters. The summed E-state index contributed by atoms with van der Waals surface area (Å²) in [6.07, 6.45) is 0. The topological polar surface area (TPSA) is 73.0 Å². The number of nitrogens with one attached hydrogen (secondary N) is 1. The van der Waals surface area contributed by atoms with E-state index in [1.165, 1.54) is 11.8 Å². The van der Waals surface area contributed by atoms with Crippen molar-refractivity contribution < 1.29 is 9.21 Å². The Morgan fingerprint density at radius 1 is 1.14 bits per heavy atom. The van der Waals surface area contributed by atoms with E-state index in [0.717, 1.165) is 27.8 Å². The van der Waals surface area contributed by atoms with Crippen LogP contribution in [0.2, 0.25) is 0 Å². The lowest BCUT2D eigenvalue weighted by Crippen LogP contribution is -2.15. The molecule has 1 amide bonds. The minimum atomic E-state index is -0.0698. The van der Waals surface area contributed by atoms with Crippen LogP contribution in [0, 0.1) is 13.8 Å². The van der Waals surface area contributed by atoms with Crippen LogP contribution in [0.3, 0.4) is 0 Å². The lowest BCUT2D eigenvalue weighted by atomic mass is 10.1. The zero-order valence-electron chi connectivity index (χ0n) is 16.6. The summed E-state index contributed by atoms with van der Waals surface area (Å²) >= 11 is 1.37. The lowest BCUT2D eigenvalue weighted by Gasteiger charge is -2.09. The Morgan fingerprint density at radius 2 is 1.97 bits per heavy atom. The van der Waals surface area contributed by atoms with Crippen LogP contribution in [0.4, 0.5) is 5.69 Å². The number of nitrogens with zero attached hydrogens (tertiary/aromatic N) is 3. The molecule has 0 aliphatic heterocycles. The molecule has 0 spiro atoms. The number of benzene rings is 2. The van der Waals surface area contributed by atoms with Gasteiger partial charge in [-0.1, -0.05) is 42.1 Å². The molecular weight excluding hydrogens is 384 g/mol. The Bertz CT molecular complexity index is 1150. The first-order valence-electron chi connectivity index (χ1n) is 9.47. The third-order valence-corrected chi connectivity index (χ3v) is 5.65. The monoisotopic (exact) mass is 406 g/mol. The number of aryl methyl sites for hydroxylation is 2. The van der Waals surface area contributed by atoms with Crippen LogP contribution < -0.4 is 5.32 Å². The maximum atomic E-state index is 12.4. The molecule has 7 heteroatoms. The number of amides is 1. The van der Waals surface area contributed by atoms with Crippen LogP contribution in [0.25, 0.3) is 22.6 Å². The van der Waals surface area contributed by atoms with E-state index in [2.05, 4.69) is 15.5 Å². The summed E-state index contributed by atoms with van der Waals surface area (Å²) in [4.78, 5) is 12.4. The molecule has 0 bridgehead atoms. The van der Waals surface area contributed by atoms with Crippen LogP contribution in [0.5, 0.6) is 0 Å². The number of carbonyl (C=O) groups excluding carboxylic acids is 1. The van der Waals surface area contributed by atoms with Gasteiger partial charge in [0.1, 0.15) is 5.58 Å². The highest BCUT2D eigenvalue weighted by atomic mass is 32.2. The number of para-hydroxylation sites is 1. The molecule has 0 fully saturated rings. The number of aromatic nitrogens is 3. The second-order valence-electron chi connectivity index (χ2n) is 6.85. The van der Waals surface area contributed by atoms with Crippen molar-refractivity contribution in [1.82, 2.24) is 14.8 Å². The van der Waals surface area contributed by atoms with E-state index in [1.807, 2.05) is 73.9 Å². The van der Waals surface area contributed by atoms with E-state index >= 15 is 0 Å². The number of hydrogen-bond acceptors (Lipinski definition) is 5. The van der Waals surface area contributed by atoms with Gasteiger partial charge in [-0.25, -0.2) is 0 Å². The summed E-state index contributed by atoms with van der Waals surface area (Å²) in [5.74, 6) is 1.53. The van der Waals surface area contributed by atoms with Gasteiger partial charge in [-0.05, 0) is 50.1 Å². The second-order valence-corrected chi connectivity index (χ2v) is 7.80. The fourth-order valence-electron chi connectivity index (χ4n) is 3.14. The number of anilines is 1. The van der Waals surface area contributed by atoms with Gasteiger partial charge >= 0.3 is 0 Å². The summed E-state index contributed by atoms with van der Waals surface area (Å²) in [7, 11) is 0. The molecule has 4 rings (SSSR count). The van der Waals surface area contributed by atoms with Crippen molar-refractivity contribution in [1.29, 1.82) is 0 Å². The fraction of sp³-hybridized carbons (Fsp3) is 0.227. The molecule has 0 radical (unpaired) electrons. The van der Waals surface area contributed by atoms with Crippen LogP contribution in [-0.2, 0) is 11.3 Å². The molecule has 4 aromatic rings. The van der Waals surface area contributed by atoms with E-state index in [0.29, 0.717) is 23.3 Å². The Morgan fingerprint density at radius 3 is 2.76 bits per heavy atom. The highest BCUT2D eigenvalue weighted by molar-refractivity contribution is 7.99. The highest BCUT2D eigenvalue weighted by Gasteiger charge is 2.18. The number of fused-ring (bicyclic) bond motifs is 1. The Hall–Kier alpha value is -3.06. The number of carbonyl (C=O) groups is 1. The largest absolute Gasteiger partial charge is 0.453 e. The van der Waals surface area contributed by atoms with Crippen molar-refractivity contribution in [2.24, 2.45) is 0 Å². The maximum absolute atomic E-state index is 12.4. The molecule has 2 aromatic carbocycles. The molecule has 148 valence electrons. The van der Waals surface area contributed by atoms with Gasteiger partial charge < -0.3 is 9.73 Å². The first kappa shape index (κ1) is 19.3. The minimum absolute atomic E-state index is 0.0698. The number of hydrogen-bond donors (Lipinski definition) is 1. The van der Waals surface area contributed by atoms with Crippen molar-refractivity contribution in [3.8, 4) is 11.6 Å². The average Bonchev–Trinajstić information content (AvgIpc) is 3.32. The predicted octanol–water partition coefficient (Wildman–Crippen LogP) is 5.06. The van der Waals surface area contributed by atoms with Crippen molar-refractivity contribution in [3.63, 3.8) is 0 Å². The van der Waals surface area contributed by atoms with Gasteiger partial charge in [0.25, 0.3) is 0 Å². The Kier molecular flexibility index (Phi) is 5.40. The predicted molar refractivity (Wildman–Crippen MR) is 116 cm³/mol. The highest BCUT2D eigenvalue weighted by Crippen LogP contribution is 2.29. The van der Waals surface area contributed by atoms with E-state index in [1.54, 1.807) is 0 Å². The van der Waals surface area contributed by atoms with Crippen molar-refractivity contribution in [3.05, 3.63) is 59.7 Å². The summed E-state index contributed by atoms with van der Waals surface area (Å²) in [5.41, 5.74) is 3.81. The maximum Gasteiger partial charge on any atom is 0.234 e. The Labute approximate surface area is 173 Å². The third-order valence-electron chi connectivity index (χ3n) is 4.68. The quantitative estimate of drug-likeness (QED) is 0.453. The molecule has 0 aliphatic rings. The van der Waals surface area contributed by atoms with Crippen LogP contribution in [0.15, 0.2) is 58.1 Å². The number of rotatable bonds is 6. The number of furan rings is 1. The zero-order valence-corrected chi connectivity index (χ0v) is 17.4. The summed E-state index contributed by atoms with van der Waals surface area (Å²) in [6, 6.07) is 15.8. The van der Waals surface area contributed by atoms with Gasteiger partial charge in [-0.2, -0.15) is 0 Å². The minimum Gasteiger partial charge on any atom is -0.453 e. The third kappa shape index (κ3) is 4.05. The molecule has 0 aliphatic carbocycles. The fourth-order valence-corrected chi connectivity index (χ4v) is 3.94. The summed E-state index contributed by atoms with van der Waals surface area (Å²) < 4.78 is 7.89. The molecule has 0 unspecified atom stereocenters. The molecule has 2 heterocycles. The molecule has 6 nitrogen and oxygen atoms in total. The normalized spacial score (nSPS) is 11.1. The van der Waals surface area contributed by atoms with Crippen molar-refractivity contribution in [2.45, 2.75) is 32.5 Å². The first-order chi connectivity index (χ1) is 14.0. The van der Waals surface area contributed by atoms with Crippen LogP contribution in [-0.4, -0.2) is 26.4 Å². The van der Waals surface area contributed by atoms with Gasteiger partial charge in [0.2, 0.25) is 11.7 Å². The molecular formula is C22H22N4O2S. The van der Waals surface area contributed by atoms with Gasteiger partial charge in [0.05, 0.1) is 5.75 Å². The van der Waals surface area contributed by atoms with Crippen molar-refractivity contribution >= 4 is 34.3 Å². The van der Waals surface area contributed by atoms with E-state index in [4.69, 9.17) is 4.42 Å². The second kappa shape index (κ2) is 8.13. The van der Waals surface area contributed by atoms with Crippen LogP contribution >= 0.6 is 11.8 Å². The van der Waals surface area contributed by atoms with Gasteiger partial charge in [-0.15, -0.1) is 10.2 Å². The van der Waals surface area contributed by atoms with E-state index in [-0.39, 0.29) is 11.7 Å². The molecule has 0 saturated heterocycles. The molecule has 1 N–H and O–H groups in total. The van der Waals surface area contributed by atoms with Crippen molar-refractivity contribution in [2.75, 3.05) is 11.1 Å². The van der Waals surface area contributed by atoms with E-state index in [9.17, 15) is 4.79 Å². The lowest BCUT2D eigenvalue weighted by molar-refractivity contribution is -0.113. The number of thioether (sulfide) groups is 1. The average molecular weight is 407 g/mol. The standard InChI is InChI=1S/C22H22N4O2S/c1-4-26-21(19-12-16-7-5-6-8-18(16)28-19)24-25-22(26)29-13-20(27)23-17-11-14(2)9-10-15(17)3/h5-12H,4,13H2,1-3H3,(H,23,27). The summed E-state index contributed by atoms with van der Waals surface area (Å²) in [6.45, 7) is 6.69. The first-order valence-corrected chi connectivity index (χ1v) is 10.5. The molecule has 29 heavy (non-hydrogen) atoms. The van der Waals surface area contributed by atoms with Gasteiger partial charge in [0.15, 0.2) is 10.9 Å². The van der Waals surface area contributed by atoms with Gasteiger partial charge in [0, 0.05) is 17.6 Å². The molecule has 0 saturated carbocycles. The summed E-state index contributed by atoms with van der Waals surface area (Å²) in [5, 5.41) is 13.3. The Balaban J connectivity index is 1.49. The SMILES string of the molecule is CCn1c(SCC(=O)Nc2cc(C)ccc2C)nnc1-c1cc2ccccc2o1.